The van der Waals surface area contributed by atoms with Gasteiger partial charge in [0.1, 0.15) is 6.61 Å². The summed E-state index contributed by atoms with van der Waals surface area (Å²) in [7, 11) is 0. The fourth-order valence-electron chi connectivity index (χ4n) is 8.70. The number of carbonyl (C=O) groups is 2. The lowest BCUT2D eigenvalue weighted by Crippen LogP contribution is -2.28. The highest BCUT2D eigenvalue weighted by Crippen LogP contribution is 2.15. The Morgan fingerprint density at radius 3 is 0.868 bits per heavy atom. The monoisotopic (exact) mass is 1050 g/mol. The molecule has 0 bridgehead atoms. The average molecular weight is 1050 g/mol. The number of aliphatic hydroxyl groups excluding tert-OH is 1. The van der Waals surface area contributed by atoms with Gasteiger partial charge < -0.3 is 14.6 Å². The normalized spacial score (nSPS) is 13.1. The molecule has 432 valence electrons. The minimum absolute atomic E-state index is 0.0732. The number of carbonyl (C=O) groups excluding carboxylic acids is 2. The van der Waals surface area contributed by atoms with Crippen LogP contribution in [0.2, 0.25) is 0 Å². The maximum absolute atomic E-state index is 12.3. The molecule has 0 saturated heterocycles. The molecule has 0 aliphatic rings. The van der Waals surface area contributed by atoms with Gasteiger partial charge in [-0.25, -0.2) is 0 Å². The van der Waals surface area contributed by atoms with Gasteiger partial charge in [0.05, 0.1) is 6.61 Å². The second-order valence-electron chi connectivity index (χ2n) is 20.8. The maximum atomic E-state index is 12.3. The Balaban J connectivity index is 3.57. The molecule has 1 atom stereocenters. The van der Waals surface area contributed by atoms with Crippen LogP contribution >= 0.6 is 0 Å². The highest BCUT2D eigenvalue weighted by molar-refractivity contribution is 5.70. The summed E-state index contributed by atoms with van der Waals surface area (Å²) in [5, 5.41) is 9.67. The van der Waals surface area contributed by atoms with Crippen LogP contribution in [0.5, 0.6) is 0 Å². The van der Waals surface area contributed by atoms with E-state index in [9.17, 15) is 14.7 Å². The first-order valence-electron chi connectivity index (χ1n) is 31.7. The molecule has 5 heteroatoms. The molecule has 0 aliphatic heterocycles. The van der Waals surface area contributed by atoms with E-state index >= 15 is 0 Å². The maximum Gasteiger partial charge on any atom is 0.306 e. The Hall–Kier alpha value is -3.96. The Morgan fingerprint density at radius 1 is 0.316 bits per heavy atom. The van der Waals surface area contributed by atoms with Crippen LogP contribution in [0.1, 0.15) is 284 Å². The van der Waals surface area contributed by atoms with Crippen molar-refractivity contribution in [1.82, 2.24) is 0 Å². The summed E-state index contributed by atoms with van der Waals surface area (Å²) in [5.74, 6) is -0.597. The van der Waals surface area contributed by atoms with Crippen molar-refractivity contribution < 1.29 is 24.2 Å². The SMILES string of the molecule is CC/C=C\C/C=C\C/C=C\C/C=C\C/C=C\C/C=C\C/C=C\C/C=C\C/C=C\C/C=C\CCCCCCCCCCCCC(=O)OC(CO)COC(=O)CCCCCCCCCCC/C=C\CCCCCCCCCC. The molecular weight excluding hydrogens is 933 g/mol. The van der Waals surface area contributed by atoms with Gasteiger partial charge in [0.2, 0.25) is 0 Å². The number of rotatable bonds is 57. The lowest BCUT2D eigenvalue weighted by Gasteiger charge is -2.15. The Kier molecular flexibility index (Phi) is 61.9. The van der Waals surface area contributed by atoms with Gasteiger partial charge in [-0.3, -0.25) is 9.59 Å². The second kappa shape index (κ2) is 65.3. The summed E-state index contributed by atoms with van der Waals surface area (Å²) in [4.78, 5) is 24.6. The zero-order valence-electron chi connectivity index (χ0n) is 49.5. The highest BCUT2D eigenvalue weighted by atomic mass is 16.6. The molecule has 76 heavy (non-hydrogen) atoms. The first kappa shape index (κ1) is 72.0. The van der Waals surface area contributed by atoms with Gasteiger partial charge in [-0.15, -0.1) is 0 Å². The van der Waals surface area contributed by atoms with Crippen LogP contribution in [0.3, 0.4) is 0 Å². The van der Waals surface area contributed by atoms with Crippen molar-refractivity contribution in [3.05, 3.63) is 134 Å². The zero-order valence-corrected chi connectivity index (χ0v) is 49.5. The van der Waals surface area contributed by atoms with Crippen LogP contribution in [0.4, 0.5) is 0 Å². The third-order valence-corrected chi connectivity index (χ3v) is 13.4. The van der Waals surface area contributed by atoms with Gasteiger partial charge in [-0.2, -0.15) is 0 Å². The molecule has 0 rings (SSSR count). The molecule has 1 N–H and O–H groups in total. The van der Waals surface area contributed by atoms with E-state index in [-0.39, 0.29) is 25.2 Å². The molecule has 0 radical (unpaired) electrons. The first-order chi connectivity index (χ1) is 37.6. The molecule has 0 aromatic carbocycles. The molecule has 1 unspecified atom stereocenters. The summed E-state index contributed by atoms with van der Waals surface area (Å²) in [5.41, 5.74) is 0. The summed E-state index contributed by atoms with van der Waals surface area (Å²) < 4.78 is 10.7. The van der Waals surface area contributed by atoms with Crippen molar-refractivity contribution in [2.75, 3.05) is 13.2 Å². The zero-order chi connectivity index (χ0) is 54.8. The van der Waals surface area contributed by atoms with Crippen molar-refractivity contribution in [1.29, 1.82) is 0 Å². The number of aliphatic hydroxyl groups is 1. The van der Waals surface area contributed by atoms with E-state index < -0.39 is 6.10 Å². The van der Waals surface area contributed by atoms with Gasteiger partial charge in [-0.05, 0) is 116 Å². The van der Waals surface area contributed by atoms with E-state index in [4.69, 9.17) is 9.47 Å². The number of allylic oxidation sites excluding steroid dienone is 22. The topological polar surface area (TPSA) is 72.8 Å². The summed E-state index contributed by atoms with van der Waals surface area (Å²) >= 11 is 0. The number of esters is 2. The molecule has 0 spiro atoms. The predicted molar refractivity (Wildman–Crippen MR) is 334 cm³/mol. The highest BCUT2D eigenvalue weighted by Gasteiger charge is 2.16. The van der Waals surface area contributed by atoms with E-state index in [1.165, 1.54) is 154 Å². The molecule has 0 aliphatic carbocycles. The van der Waals surface area contributed by atoms with Crippen LogP contribution < -0.4 is 0 Å². The minimum Gasteiger partial charge on any atom is -0.462 e. The second-order valence-corrected chi connectivity index (χ2v) is 20.8. The Morgan fingerprint density at radius 2 is 0.566 bits per heavy atom. The van der Waals surface area contributed by atoms with Crippen LogP contribution in [0.15, 0.2) is 134 Å². The van der Waals surface area contributed by atoms with E-state index in [2.05, 4.69) is 148 Å². The van der Waals surface area contributed by atoms with E-state index in [0.29, 0.717) is 12.8 Å². The average Bonchev–Trinajstić information content (AvgIpc) is 3.42. The summed E-state index contributed by atoms with van der Waals surface area (Å²) in [6.07, 6.45) is 97.3. The quantitative estimate of drug-likeness (QED) is 0.0373. The largest absolute Gasteiger partial charge is 0.462 e. The van der Waals surface area contributed by atoms with Crippen molar-refractivity contribution in [2.24, 2.45) is 0 Å². The van der Waals surface area contributed by atoms with Crippen LogP contribution in [-0.4, -0.2) is 36.4 Å². The van der Waals surface area contributed by atoms with Crippen molar-refractivity contribution in [3.63, 3.8) is 0 Å². The van der Waals surface area contributed by atoms with Gasteiger partial charge in [0.15, 0.2) is 6.10 Å². The van der Waals surface area contributed by atoms with Crippen molar-refractivity contribution >= 4 is 11.9 Å². The van der Waals surface area contributed by atoms with Gasteiger partial charge in [0.25, 0.3) is 0 Å². The van der Waals surface area contributed by atoms with Gasteiger partial charge in [-0.1, -0.05) is 289 Å². The fourth-order valence-corrected chi connectivity index (χ4v) is 8.70. The number of hydrogen-bond donors (Lipinski definition) is 1. The van der Waals surface area contributed by atoms with Crippen molar-refractivity contribution in [3.8, 4) is 0 Å². The van der Waals surface area contributed by atoms with E-state index in [0.717, 1.165) is 103 Å². The lowest BCUT2D eigenvalue weighted by molar-refractivity contribution is -0.161. The predicted octanol–water partition coefficient (Wildman–Crippen LogP) is 22.0. The molecule has 0 aromatic rings. The first-order valence-corrected chi connectivity index (χ1v) is 31.7. The number of hydrogen-bond acceptors (Lipinski definition) is 5. The molecule has 5 nitrogen and oxygen atoms in total. The third kappa shape index (κ3) is 62.6. The van der Waals surface area contributed by atoms with Crippen LogP contribution in [0.25, 0.3) is 0 Å². The fraction of sp³-hybridized carbons (Fsp3) is 0.662. The summed E-state index contributed by atoms with van der Waals surface area (Å²) in [6.45, 7) is 4.03. The number of ether oxygens (including phenoxy) is 2. The molecular formula is C71H118O5. The van der Waals surface area contributed by atoms with Crippen LogP contribution in [-0.2, 0) is 19.1 Å². The van der Waals surface area contributed by atoms with Crippen molar-refractivity contribution in [2.45, 2.75) is 290 Å². The summed E-state index contributed by atoms with van der Waals surface area (Å²) in [6, 6.07) is 0. The molecule has 0 heterocycles. The lowest BCUT2D eigenvalue weighted by atomic mass is 10.0. The standard InChI is InChI=1S/C71H118O5/c1-3-5-7-9-11-13-15-17-19-21-23-25-26-27-28-29-30-31-32-33-34-35-36-37-38-39-40-41-42-43-44-46-48-50-52-54-56-58-60-62-64-66-71(74)76-69(67-72)68-75-70(73)65-63-61-59-57-55-53-51-49-47-45-24-22-20-18-16-14-12-10-8-6-4-2/h5,7,11,13,17,19,22-25,27-28,30-31,33-34,36-37,39-40,42-43,69,72H,3-4,6,8-10,12,14-16,18,20-21,26,29,32,35,38,41,44-68H2,1-2H3/b7-5-,13-11-,19-17-,24-22-,25-23-,28-27-,31-30-,34-33-,37-36-,40-39-,43-42-. The smallest absolute Gasteiger partial charge is 0.306 e. The Bertz CT molecular complexity index is 1570. The Labute approximate surface area is 470 Å². The minimum atomic E-state index is -0.784. The van der Waals surface area contributed by atoms with Gasteiger partial charge in [0, 0.05) is 12.8 Å². The molecule has 0 amide bonds. The third-order valence-electron chi connectivity index (χ3n) is 13.4. The van der Waals surface area contributed by atoms with Gasteiger partial charge >= 0.3 is 11.9 Å². The van der Waals surface area contributed by atoms with Crippen LogP contribution in [0, 0.1) is 0 Å². The molecule has 0 saturated carbocycles. The molecule has 0 aromatic heterocycles. The van der Waals surface area contributed by atoms with E-state index in [1.807, 2.05) is 0 Å². The molecule has 0 fully saturated rings. The van der Waals surface area contributed by atoms with E-state index in [1.54, 1.807) is 0 Å². The number of unbranched alkanes of at least 4 members (excludes halogenated alkanes) is 27.